The van der Waals surface area contributed by atoms with Crippen LogP contribution < -0.4 is 4.90 Å². The Morgan fingerprint density at radius 1 is 1.03 bits per heavy atom. The second-order valence-electron chi connectivity index (χ2n) is 9.37. The molecule has 31 heavy (non-hydrogen) atoms. The maximum Gasteiger partial charge on any atom is 0.141 e. The molecule has 2 aromatic heterocycles. The first-order valence-corrected chi connectivity index (χ1v) is 12.5. The van der Waals surface area contributed by atoms with Crippen LogP contribution in [-0.2, 0) is 0 Å². The Kier molecular flexibility index (Phi) is 6.21. The van der Waals surface area contributed by atoms with Crippen LogP contribution in [0, 0.1) is 5.92 Å². The monoisotopic (exact) mass is 435 g/mol. The van der Waals surface area contributed by atoms with Crippen molar-refractivity contribution in [1.82, 2.24) is 19.8 Å². The van der Waals surface area contributed by atoms with Crippen molar-refractivity contribution in [1.29, 1.82) is 0 Å². The second kappa shape index (κ2) is 9.23. The van der Waals surface area contributed by atoms with Crippen LogP contribution in [0.3, 0.4) is 0 Å². The van der Waals surface area contributed by atoms with E-state index in [2.05, 4.69) is 69.5 Å². The van der Waals surface area contributed by atoms with Crippen LogP contribution in [0.25, 0.3) is 21.3 Å². The molecule has 2 saturated heterocycles. The number of likely N-dealkylation sites (tertiary alicyclic amines) is 1. The number of nitrogens with zero attached hydrogens (tertiary/aromatic N) is 5. The Labute approximate surface area is 189 Å². The molecule has 0 radical (unpaired) electrons. The van der Waals surface area contributed by atoms with Crippen LogP contribution >= 0.6 is 11.3 Å². The molecule has 0 spiro atoms. The molecule has 5 nitrogen and oxygen atoms in total. The molecule has 0 amide bonds. The summed E-state index contributed by atoms with van der Waals surface area (Å²) < 4.78 is 0. The van der Waals surface area contributed by atoms with Gasteiger partial charge in [0.1, 0.15) is 17.0 Å². The van der Waals surface area contributed by atoms with Gasteiger partial charge in [0.05, 0.1) is 5.39 Å². The molecule has 3 aromatic rings. The Morgan fingerprint density at radius 3 is 2.71 bits per heavy atom. The van der Waals surface area contributed by atoms with Gasteiger partial charge in [-0.15, -0.1) is 11.3 Å². The summed E-state index contributed by atoms with van der Waals surface area (Å²) >= 11 is 1.73. The van der Waals surface area contributed by atoms with Crippen molar-refractivity contribution in [3.8, 4) is 11.1 Å². The highest BCUT2D eigenvalue weighted by molar-refractivity contribution is 7.17. The van der Waals surface area contributed by atoms with E-state index in [-0.39, 0.29) is 0 Å². The molecule has 2 aliphatic rings. The van der Waals surface area contributed by atoms with E-state index in [1.54, 1.807) is 17.7 Å². The van der Waals surface area contributed by atoms with E-state index in [1.165, 1.54) is 61.8 Å². The fourth-order valence-corrected chi connectivity index (χ4v) is 6.23. The number of likely N-dealkylation sites (N-methyl/N-ethyl adjacent to an activating group) is 1. The molecule has 5 rings (SSSR count). The molecule has 0 saturated carbocycles. The first-order chi connectivity index (χ1) is 15.2. The molecule has 0 bridgehead atoms. The molecule has 6 heteroatoms. The number of benzene rings is 1. The zero-order chi connectivity index (χ0) is 21.2. The summed E-state index contributed by atoms with van der Waals surface area (Å²) in [5.41, 5.74) is 2.52. The van der Waals surface area contributed by atoms with E-state index in [4.69, 9.17) is 4.98 Å². The van der Waals surface area contributed by atoms with Crippen molar-refractivity contribution in [2.24, 2.45) is 5.92 Å². The lowest BCUT2D eigenvalue weighted by Crippen LogP contribution is -2.48. The summed E-state index contributed by atoms with van der Waals surface area (Å²) in [5, 5.41) is 3.47. The van der Waals surface area contributed by atoms with Gasteiger partial charge in [-0.1, -0.05) is 30.3 Å². The van der Waals surface area contributed by atoms with E-state index < -0.39 is 0 Å². The van der Waals surface area contributed by atoms with Gasteiger partial charge in [-0.25, -0.2) is 9.97 Å². The first-order valence-electron chi connectivity index (χ1n) is 11.6. The number of thiophene rings is 1. The predicted octanol–water partition coefficient (Wildman–Crippen LogP) is 4.60. The van der Waals surface area contributed by atoms with E-state index in [0.717, 1.165) is 23.7 Å². The summed E-state index contributed by atoms with van der Waals surface area (Å²) in [5.74, 6) is 1.83. The van der Waals surface area contributed by atoms with Crippen molar-refractivity contribution < 1.29 is 0 Å². The van der Waals surface area contributed by atoms with Gasteiger partial charge < -0.3 is 14.7 Å². The molecule has 0 aliphatic carbocycles. The molecule has 0 N–H and O–H groups in total. The van der Waals surface area contributed by atoms with Crippen LogP contribution in [-0.4, -0.2) is 72.6 Å². The van der Waals surface area contributed by atoms with Crippen molar-refractivity contribution in [2.45, 2.75) is 31.7 Å². The van der Waals surface area contributed by atoms with Crippen LogP contribution in [0.1, 0.15) is 25.7 Å². The minimum absolute atomic E-state index is 0.703. The maximum atomic E-state index is 4.81. The largest absolute Gasteiger partial charge is 0.356 e. The lowest BCUT2D eigenvalue weighted by Gasteiger charge is -2.40. The van der Waals surface area contributed by atoms with Gasteiger partial charge in [0.2, 0.25) is 0 Å². The van der Waals surface area contributed by atoms with Gasteiger partial charge in [0.25, 0.3) is 0 Å². The SMILES string of the molecule is CN(C)C1CCCN(CC2CCCN(c3ncnc4scc(-c5ccccc5)c34)C2)C1. The number of aromatic nitrogens is 2. The molecule has 2 unspecified atom stereocenters. The normalized spacial score (nSPS) is 23.0. The Hall–Kier alpha value is -2.02. The number of hydrogen-bond donors (Lipinski definition) is 0. The van der Waals surface area contributed by atoms with Gasteiger partial charge in [-0.05, 0) is 57.8 Å². The van der Waals surface area contributed by atoms with Gasteiger partial charge >= 0.3 is 0 Å². The highest BCUT2D eigenvalue weighted by Crippen LogP contribution is 2.38. The van der Waals surface area contributed by atoms with Crippen LogP contribution in [0.2, 0.25) is 0 Å². The van der Waals surface area contributed by atoms with Crippen LogP contribution in [0.15, 0.2) is 42.0 Å². The van der Waals surface area contributed by atoms with Gasteiger partial charge in [-0.2, -0.15) is 0 Å². The van der Waals surface area contributed by atoms with E-state index in [1.807, 2.05) is 0 Å². The molecule has 164 valence electrons. The van der Waals surface area contributed by atoms with Gasteiger partial charge in [0, 0.05) is 43.2 Å². The minimum atomic E-state index is 0.703. The number of anilines is 1. The Bertz CT molecular complexity index is 1000. The summed E-state index contributed by atoms with van der Waals surface area (Å²) in [4.78, 5) is 18.1. The molecule has 4 heterocycles. The fraction of sp³-hybridized carbons (Fsp3) is 0.520. The zero-order valence-corrected chi connectivity index (χ0v) is 19.5. The minimum Gasteiger partial charge on any atom is -0.356 e. The average Bonchev–Trinajstić information content (AvgIpc) is 3.24. The molecule has 2 fully saturated rings. The van der Waals surface area contributed by atoms with E-state index in [0.29, 0.717) is 12.0 Å². The quantitative estimate of drug-likeness (QED) is 0.585. The van der Waals surface area contributed by atoms with Crippen molar-refractivity contribution in [3.05, 3.63) is 42.0 Å². The van der Waals surface area contributed by atoms with Crippen molar-refractivity contribution in [3.63, 3.8) is 0 Å². The predicted molar refractivity (Wildman–Crippen MR) is 131 cm³/mol. The average molecular weight is 436 g/mol. The molecular weight excluding hydrogens is 402 g/mol. The van der Waals surface area contributed by atoms with Gasteiger partial charge in [0.15, 0.2) is 0 Å². The number of rotatable bonds is 5. The standard InChI is InChI=1S/C25H33N5S/c1-28(2)21-11-7-12-29(16-21)14-19-8-6-13-30(15-19)24-23-22(20-9-4-3-5-10-20)17-31-25(23)27-18-26-24/h3-5,9-10,17-19,21H,6-8,11-16H2,1-2H3. The molecule has 2 atom stereocenters. The smallest absolute Gasteiger partial charge is 0.141 e. The van der Waals surface area contributed by atoms with E-state index >= 15 is 0 Å². The highest BCUT2D eigenvalue weighted by atomic mass is 32.1. The Balaban J connectivity index is 1.36. The molecular formula is C25H33N5S. The first kappa shape index (κ1) is 20.9. The summed E-state index contributed by atoms with van der Waals surface area (Å²) in [6, 6.07) is 11.4. The third-order valence-corrected chi connectivity index (χ3v) is 7.87. The second-order valence-corrected chi connectivity index (χ2v) is 10.2. The maximum absolute atomic E-state index is 4.81. The van der Waals surface area contributed by atoms with E-state index in [9.17, 15) is 0 Å². The zero-order valence-electron chi connectivity index (χ0n) is 18.7. The fourth-order valence-electron chi connectivity index (χ4n) is 5.32. The summed E-state index contributed by atoms with van der Waals surface area (Å²) in [7, 11) is 4.45. The van der Waals surface area contributed by atoms with Crippen molar-refractivity contribution >= 4 is 27.4 Å². The third kappa shape index (κ3) is 4.47. The summed E-state index contributed by atoms with van der Waals surface area (Å²) in [6.45, 7) is 5.86. The lowest BCUT2D eigenvalue weighted by molar-refractivity contribution is 0.114. The molecule has 2 aliphatic heterocycles. The number of piperidine rings is 2. The van der Waals surface area contributed by atoms with Gasteiger partial charge in [-0.3, -0.25) is 0 Å². The number of fused-ring (bicyclic) bond motifs is 1. The topological polar surface area (TPSA) is 35.5 Å². The Morgan fingerprint density at radius 2 is 1.87 bits per heavy atom. The van der Waals surface area contributed by atoms with Crippen LogP contribution in [0.5, 0.6) is 0 Å². The molecule has 1 aromatic carbocycles. The van der Waals surface area contributed by atoms with Crippen LogP contribution in [0.4, 0.5) is 5.82 Å². The summed E-state index contributed by atoms with van der Waals surface area (Å²) in [6.07, 6.45) is 6.97. The lowest BCUT2D eigenvalue weighted by atomic mass is 9.95. The van der Waals surface area contributed by atoms with Crippen molar-refractivity contribution in [2.75, 3.05) is 51.7 Å². The highest BCUT2D eigenvalue weighted by Gasteiger charge is 2.28. The third-order valence-electron chi connectivity index (χ3n) is 6.98. The number of hydrogen-bond acceptors (Lipinski definition) is 6.